The monoisotopic (exact) mass is 199 g/mol. The van der Waals surface area contributed by atoms with Crippen molar-refractivity contribution in [1.82, 2.24) is 5.32 Å². The molecule has 1 rings (SSSR count). The molecule has 0 saturated carbocycles. The highest BCUT2D eigenvalue weighted by atomic mass is 16.5. The van der Waals surface area contributed by atoms with Gasteiger partial charge in [-0.25, -0.2) is 0 Å². The van der Waals surface area contributed by atoms with Crippen molar-refractivity contribution in [3.05, 3.63) is 0 Å². The number of hydrogen-bond donors (Lipinski definition) is 1. The van der Waals surface area contributed by atoms with E-state index in [1.165, 1.54) is 19.3 Å². The SMILES string of the molecule is CCC(NCC1CCCOC1)C(C)C. The van der Waals surface area contributed by atoms with Gasteiger partial charge in [-0.2, -0.15) is 0 Å². The number of ether oxygens (including phenoxy) is 1. The van der Waals surface area contributed by atoms with E-state index in [9.17, 15) is 0 Å². The fraction of sp³-hybridized carbons (Fsp3) is 1.00. The summed E-state index contributed by atoms with van der Waals surface area (Å²) >= 11 is 0. The van der Waals surface area contributed by atoms with Gasteiger partial charge in [0.15, 0.2) is 0 Å². The molecule has 1 heterocycles. The van der Waals surface area contributed by atoms with Crippen molar-refractivity contribution in [2.24, 2.45) is 11.8 Å². The first kappa shape index (κ1) is 12.0. The molecule has 2 heteroatoms. The predicted octanol–water partition coefficient (Wildman–Crippen LogP) is 2.44. The van der Waals surface area contributed by atoms with E-state index in [-0.39, 0.29) is 0 Å². The average Bonchev–Trinajstić information content (AvgIpc) is 2.20. The Morgan fingerprint density at radius 3 is 2.71 bits per heavy atom. The maximum atomic E-state index is 5.47. The van der Waals surface area contributed by atoms with Crippen LogP contribution in [0.2, 0.25) is 0 Å². The van der Waals surface area contributed by atoms with Crippen molar-refractivity contribution < 1.29 is 4.74 Å². The first-order valence-corrected chi connectivity index (χ1v) is 6.05. The molecule has 84 valence electrons. The molecular formula is C12H25NO. The zero-order valence-electron chi connectivity index (χ0n) is 9.88. The quantitative estimate of drug-likeness (QED) is 0.734. The van der Waals surface area contributed by atoms with Crippen molar-refractivity contribution in [1.29, 1.82) is 0 Å². The zero-order chi connectivity index (χ0) is 10.4. The van der Waals surface area contributed by atoms with Crippen LogP contribution in [0.3, 0.4) is 0 Å². The number of hydrogen-bond acceptors (Lipinski definition) is 2. The van der Waals surface area contributed by atoms with Crippen molar-refractivity contribution in [2.75, 3.05) is 19.8 Å². The van der Waals surface area contributed by atoms with Crippen molar-refractivity contribution >= 4 is 0 Å². The molecule has 0 aromatic rings. The molecule has 0 spiro atoms. The van der Waals surface area contributed by atoms with Gasteiger partial charge in [0.05, 0.1) is 6.61 Å². The average molecular weight is 199 g/mol. The molecular weight excluding hydrogens is 174 g/mol. The molecule has 2 atom stereocenters. The number of rotatable bonds is 5. The summed E-state index contributed by atoms with van der Waals surface area (Å²) in [6, 6.07) is 0.678. The van der Waals surface area contributed by atoms with Crippen LogP contribution in [0.1, 0.15) is 40.0 Å². The van der Waals surface area contributed by atoms with Crippen LogP contribution in [0.5, 0.6) is 0 Å². The molecule has 0 bridgehead atoms. The highest BCUT2D eigenvalue weighted by molar-refractivity contribution is 4.72. The summed E-state index contributed by atoms with van der Waals surface area (Å²) in [6.07, 6.45) is 3.80. The summed E-state index contributed by atoms with van der Waals surface area (Å²) in [4.78, 5) is 0. The second kappa shape index (κ2) is 6.41. The summed E-state index contributed by atoms with van der Waals surface area (Å²) in [7, 11) is 0. The Bertz CT molecular complexity index is 141. The Balaban J connectivity index is 2.16. The standard InChI is InChI=1S/C12H25NO/c1-4-12(10(2)3)13-8-11-6-5-7-14-9-11/h10-13H,4-9H2,1-3H3. The van der Waals surface area contributed by atoms with E-state index in [0.29, 0.717) is 6.04 Å². The molecule has 2 unspecified atom stereocenters. The molecule has 14 heavy (non-hydrogen) atoms. The largest absolute Gasteiger partial charge is 0.381 e. The van der Waals surface area contributed by atoms with Crippen molar-refractivity contribution in [3.63, 3.8) is 0 Å². The molecule has 1 aliphatic heterocycles. The van der Waals surface area contributed by atoms with Gasteiger partial charge in [0.1, 0.15) is 0 Å². The van der Waals surface area contributed by atoms with E-state index in [2.05, 4.69) is 26.1 Å². The van der Waals surface area contributed by atoms with Gasteiger partial charge in [-0.1, -0.05) is 20.8 Å². The smallest absolute Gasteiger partial charge is 0.0506 e. The summed E-state index contributed by atoms with van der Waals surface area (Å²) in [6.45, 7) is 9.90. The lowest BCUT2D eigenvalue weighted by Crippen LogP contribution is -2.38. The van der Waals surface area contributed by atoms with Crippen LogP contribution in [-0.4, -0.2) is 25.8 Å². The molecule has 1 fully saturated rings. The predicted molar refractivity (Wildman–Crippen MR) is 60.5 cm³/mol. The van der Waals surface area contributed by atoms with E-state index in [4.69, 9.17) is 4.74 Å². The molecule has 1 saturated heterocycles. The summed E-state index contributed by atoms with van der Waals surface area (Å²) in [5.74, 6) is 1.49. The first-order valence-electron chi connectivity index (χ1n) is 6.05. The van der Waals surface area contributed by atoms with Crippen LogP contribution < -0.4 is 5.32 Å². The van der Waals surface area contributed by atoms with Gasteiger partial charge < -0.3 is 10.1 Å². The van der Waals surface area contributed by atoms with Crippen LogP contribution >= 0.6 is 0 Å². The third kappa shape index (κ3) is 3.97. The molecule has 2 nitrogen and oxygen atoms in total. The minimum atomic E-state index is 0.678. The van der Waals surface area contributed by atoms with Crippen LogP contribution in [0.4, 0.5) is 0 Å². The van der Waals surface area contributed by atoms with Crippen molar-refractivity contribution in [3.8, 4) is 0 Å². The Hall–Kier alpha value is -0.0800. The maximum Gasteiger partial charge on any atom is 0.0506 e. The second-order valence-electron chi connectivity index (χ2n) is 4.75. The molecule has 0 aromatic carbocycles. The van der Waals surface area contributed by atoms with Crippen LogP contribution in [0.15, 0.2) is 0 Å². The van der Waals surface area contributed by atoms with E-state index in [1.54, 1.807) is 0 Å². The van der Waals surface area contributed by atoms with Gasteiger partial charge in [0.2, 0.25) is 0 Å². The summed E-state index contributed by atoms with van der Waals surface area (Å²) in [5.41, 5.74) is 0. The van der Waals surface area contributed by atoms with Gasteiger partial charge in [-0.05, 0) is 31.1 Å². The Morgan fingerprint density at radius 2 is 2.21 bits per heavy atom. The molecule has 1 N–H and O–H groups in total. The van der Waals surface area contributed by atoms with Gasteiger partial charge in [0, 0.05) is 19.2 Å². The van der Waals surface area contributed by atoms with Gasteiger partial charge in [-0.3, -0.25) is 0 Å². The topological polar surface area (TPSA) is 21.3 Å². The van der Waals surface area contributed by atoms with Gasteiger partial charge in [-0.15, -0.1) is 0 Å². The molecule has 0 aromatic heterocycles. The van der Waals surface area contributed by atoms with E-state index in [0.717, 1.165) is 31.6 Å². The van der Waals surface area contributed by atoms with Gasteiger partial charge >= 0.3 is 0 Å². The number of nitrogens with one attached hydrogen (secondary N) is 1. The van der Waals surface area contributed by atoms with E-state index >= 15 is 0 Å². The minimum Gasteiger partial charge on any atom is -0.381 e. The fourth-order valence-electron chi connectivity index (χ4n) is 2.14. The fourth-order valence-corrected chi connectivity index (χ4v) is 2.14. The molecule has 1 aliphatic rings. The zero-order valence-corrected chi connectivity index (χ0v) is 9.88. The Kier molecular flexibility index (Phi) is 5.49. The van der Waals surface area contributed by atoms with E-state index in [1.807, 2.05) is 0 Å². The summed E-state index contributed by atoms with van der Waals surface area (Å²) < 4.78 is 5.47. The van der Waals surface area contributed by atoms with E-state index < -0.39 is 0 Å². The minimum absolute atomic E-state index is 0.678. The highest BCUT2D eigenvalue weighted by Crippen LogP contribution is 2.13. The Morgan fingerprint density at radius 1 is 1.43 bits per heavy atom. The van der Waals surface area contributed by atoms with Gasteiger partial charge in [0.25, 0.3) is 0 Å². The van der Waals surface area contributed by atoms with Crippen LogP contribution in [-0.2, 0) is 4.74 Å². The molecule has 0 amide bonds. The normalized spacial score (nSPS) is 25.3. The maximum absolute atomic E-state index is 5.47. The lowest BCUT2D eigenvalue weighted by molar-refractivity contribution is 0.0531. The molecule has 0 radical (unpaired) electrons. The van der Waals surface area contributed by atoms with Crippen LogP contribution in [0, 0.1) is 11.8 Å². The second-order valence-corrected chi connectivity index (χ2v) is 4.75. The lowest BCUT2D eigenvalue weighted by Gasteiger charge is -2.27. The van der Waals surface area contributed by atoms with Crippen molar-refractivity contribution in [2.45, 2.75) is 46.1 Å². The van der Waals surface area contributed by atoms with Crippen LogP contribution in [0.25, 0.3) is 0 Å². The lowest BCUT2D eigenvalue weighted by atomic mass is 9.98. The third-order valence-electron chi connectivity index (χ3n) is 3.17. The highest BCUT2D eigenvalue weighted by Gasteiger charge is 2.16. The first-order chi connectivity index (χ1) is 6.74. The Labute approximate surface area is 88.4 Å². The molecule has 0 aliphatic carbocycles. The third-order valence-corrected chi connectivity index (χ3v) is 3.17. The summed E-state index contributed by atoms with van der Waals surface area (Å²) in [5, 5.41) is 3.66.